The van der Waals surface area contributed by atoms with E-state index in [0.717, 1.165) is 0 Å². The van der Waals surface area contributed by atoms with Crippen LogP contribution in [0.3, 0.4) is 0 Å². The molecule has 0 bridgehead atoms. The Balaban J connectivity index is 1.60. The van der Waals surface area contributed by atoms with Gasteiger partial charge in [-0.3, -0.25) is 9.52 Å². The Kier molecular flexibility index (Phi) is 7.27. The van der Waals surface area contributed by atoms with Crippen molar-refractivity contribution in [3.05, 3.63) is 76.8 Å². The van der Waals surface area contributed by atoms with Crippen LogP contribution in [0, 0.1) is 0 Å². The maximum Gasteiger partial charge on any atom is 0.262 e. The van der Waals surface area contributed by atoms with Gasteiger partial charge in [0.1, 0.15) is 11.5 Å². The van der Waals surface area contributed by atoms with Crippen molar-refractivity contribution < 1.29 is 22.7 Å². The lowest BCUT2D eigenvalue weighted by molar-refractivity contribution is -0.118. The number of hydrogen-bond acceptors (Lipinski definition) is 5. The minimum Gasteiger partial charge on any atom is -0.497 e. The number of nitrogens with one attached hydrogen (secondary N) is 2. The molecule has 10 heteroatoms. The molecule has 0 spiro atoms. The highest BCUT2D eigenvalue weighted by Gasteiger charge is 2.15. The quantitative estimate of drug-likeness (QED) is 0.481. The molecule has 0 radical (unpaired) electrons. The first-order valence-electron chi connectivity index (χ1n) is 8.92. The molecule has 0 saturated heterocycles. The maximum atomic E-state index is 12.6. The SMILES string of the molecule is COc1cccc(NS(=O)(=O)c2ccc(OCC(=O)Nc3cccc(Cl)c3Cl)cc2)c1. The zero-order valence-corrected chi connectivity index (χ0v) is 18.6. The molecule has 162 valence electrons. The number of halogens is 2. The van der Waals surface area contributed by atoms with Crippen LogP contribution in [0.2, 0.25) is 10.0 Å². The number of methoxy groups -OCH3 is 1. The van der Waals surface area contributed by atoms with E-state index in [-0.39, 0.29) is 16.5 Å². The number of benzene rings is 3. The standard InChI is InChI=1S/C21H18Cl2N2O5S/c1-29-16-5-2-4-14(12-16)25-31(27,28)17-10-8-15(9-11-17)30-13-20(26)24-19-7-3-6-18(22)21(19)23/h2-12,25H,13H2,1H3,(H,24,26). The van der Waals surface area contributed by atoms with Gasteiger partial charge in [0.2, 0.25) is 0 Å². The first-order chi connectivity index (χ1) is 14.8. The van der Waals surface area contributed by atoms with Gasteiger partial charge in [0, 0.05) is 6.07 Å². The summed E-state index contributed by atoms with van der Waals surface area (Å²) in [5.41, 5.74) is 0.740. The summed E-state index contributed by atoms with van der Waals surface area (Å²) in [5, 5.41) is 3.15. The molecule has 0 unspecified atom stereocenters. The second kappa shape index (κ2) is 9.91. The van der Waals surface area contributed by atoms with Gasteiger partial charge in [0.05, 0.1) is 33.4 Å². The Morgan fingerprint density at radius 2 is 1.68 bits per heavy atom. The molecule has 0 aliphatic heterocycles. The number of amides is 1. The van der Waals surface area contributed by atoms with E-state index in [2.05, 4.69) is 10.0 Å². The van der Waals surface area contributed by atoms with E-state index in [0.29, 0.717) is 27.9 Å². The average Bonchev–Trinajstić information content (AvgIpc) is 2.75. The van der Waals surface area contributed by atoms with Crippen molar-refractivity contribution in [1.29, 1.82) is 0 Å². The van der Waals surface area contributed by atoms with Gasteiger partial charge in [-0.15, -0.1) is 0 Å². The van der Waals surface area contributed by atoms with Gasteiger partial charge in [-0.1, -0.05) is 35.3 Å². The first kappa shape index (κ1) is 22.7. The third-order valence-corrected chi connectivity index (χ3v) is 6.27. The summed E-state index contributed by atoms with van der Waals surface area (Å²) in [5.74, 6) is 0.412. The fourth-order valence-electron chi connectivity index (χ4n) is 2.55. The number of hydrogen-bond donors (Lipinski definition) is 2. The predicted molar refractivity (Wildman–Crippen MR) is 121 cm³/mol. The van der Waals surface area contributed by atoms with Crippen LogP contribution >= 0.6 is 23.2 Å². The van der Waals surface area contributed by atoms with Crippen molar-refractivity contribution >= 4 is 50.5 Å². The lowest BCUT2D eigenvalue weighted by Crippen LogP contribution is -2.20. The van der Waals surface area contributed by atoms with Gasteiger partial charge in [0.25, 0.3) is 15.9 Å². The molecule has 31 heavy (non-hydrogen) atoms. The topological polar surface area (TPSA) is 93.7 Å². The molecule has 7 nitrogen and oxygen atoms in total. The fourth-order valence-corrected chi connectivity index (χ4v) is 3.95. The average molecular weight is 481 g/mol. The highest BCUT2D eigenvalue weighted by atomic mass is 35.5. The molecular weight excluding hydrogens is 463 g/mol. The zero-order chi connectivity index (χ0) is 22.4. The van der Waals surface area contributed by atoms with Crippen LogP contribution in [0.15, 0.2) is 71.6 Å². The van der Waals surface area contributed by atoms with Crippen LogP contribution in [0.5, 0.6) is 11.5 Å². The van der Waals surface area contributed by atoms with Crippen LogP contribution in [-0.4, -0.2) is 28.0 Å². The molecule has 0 saturated carbocycles. The Morgan fingerprint density at radius 1 is 0.968 bits per heavy atom. The largest absolute Gasteiger partial charge is 0.497 e. The van der Waals surface area contributed by atoms with Crippen LogP contribution in [0.25, 0.3) is 0 Å². The van der Waals surface area contributed by atoms with E-state index in [1.54, 1.807) is 42.5 Å². The summed E-state index contributed by atoms with van der Waals surface area (Å²) >= 11 is 11.9. The van der Waals surface area contributed by atoms with E-state index in [9.17, 15) is 13.2 Å². The normalized spacial score (nSPS) is 10.9. The number of sulfonamides is 1. The summed E-state index contributed by atoms with van der Waals surface area (Å²) in [4.78, 5) is 12.1. The number of carbonyl (C=O) groups is 1. The molecule has 0 aromatic heterocycles. The number of ether oxygens (including phenoxy) is 2. The van der Waals surface area contributed by atoms with Crippen molar-refractivity contribution in [1.82, 2.24) is 0 Å². The van der Waals surface area contributed by atoms with E-state index in [1.165, 1.54) is 31.4 Å². The molecule has 3 aromatic carbocycles. The minimum atomic E-state index is -3.80. The van der Waals surface area contributed by atoms with Gasteiger partial charge in [0.15, 0.2) is 6.61 Å². The van der Waals surface area contributed by atoms with Crippen molar-refractivity contribution in [3.63, 3.8) is 0 Å². The highest BCUT2D eigenvalue weighted by molar-refractivity contribution is 7.92. The minimum absolute atomic E-state index is 0.0397. The molecule has 0 atom stereocenters. The lowest BCUT2D eigenvalue weighted by Gasteiger charge is -2.11. The van der Waals surface area contributed by atoms with Crippen molar-refractivity contribution in [3.8, 4) is 11.5 Å². The Labute approximate surface area is 189 Å². The van der Waals surface area contributed by atoms with Gasteiger partial charge < -0.3 is 14.8 Å². The van der Waals surface area contributed by atoms with Crippen molar-refractivity contribution in [2.45, 2.75) is 4.90 Å². The van der Waals surface area contributed by atoms with Crippen LogP contribution in [0.1, 0.15) is 0 Å². The second-order valence-electron chi connectivity index (χ2n) is 6.25. The van der Waals surface area contributed by atoms with Crippen LogP contribution in [0.4, 0.5) is 11.4 Å². The van der Waals surface area contributed by atoms with Crippen LogP contribution in [-0.2, 0) is 14.8 Å². The predicted octanol–water partition coefficient (Wildman–Crippen LogP) is 4.82. The maximum absolute atomic E-state index is 12.6. The van der Waals surface area contributed by atoms with E-state index in [4.69, 9.17) is 32.7 Å². The molecule has 1 amide bonds. The third-order valence-electron chi connectivity index (χ3n) is 4.05. The van der Waals surface area contributed by atoms with Crippen molar-refractivity contribution in [2.75, 3.05) is 23.8 Å². The molecule has 0 aliphatic carbocycles. The van der Waals surface area contributed by atoms with Gasteiger partial charge >= 0.3 is 0 Å². The fraction of sp³-hybridized carbons (Fsp3) is 0.0952. The van der Waals surface area contributed by atoms with E-state index >= 15 is 0 Å². The summed E-state index contributed by atoms with van der Waals surface area (Å²) in [6.45, 7) is -0.295. The zero-order valence-electron chi connectivity index (χ0n) is 16.3. The first-order valence-corrected chi connectivity index (χ1v) is 11.2. The van der Waals surface area contributed by atoms with Gasteiger partial charge in [-0.05, 0) is 48.5 Å². The lowest BCUT2D eigenvalue weighted by atomic mass is 10.3. The number of carbonyl (C=O) groups excluding carboxylic acids is 1. The summed E-state index contributed by atoms with van der Waals surface area (Å²) in [7, 11) is -2.31. The summed E-state index contributed by atoms with van der Waals surface area (Å²) in [6.07, 6.45) is 0. The molecule has 0 heterocycles. The Bertz CT molecular complexity index is 1180. The highest BCUT2D eigenvalue weighted by Crippen LogP contribution is 2.29. The van der Waals surface area contributed by atoms with E-state index in [1.807, 2.05) is 0 Å². The smallest absolute Gasteiger partial charge is 0.262 e. The third kappa shape index (κ3) is 6.04. The molecule has 3 aromatic rings. The number of anilines is 2. The molecule has 0 fully saturated rings. The monoisotopic (exact) mass is 480 g/mol. The summed E-state index contributed by atoms with van der Waals surface area (Å²) < 4.78 is 38.1. The molecule has 0 aliphatic rings. The molecule has 3 rings (SSSR count). The molecular formula is C21H18Cl2N2O5S. The van der Waals surface area contributed by atoms with E-state index < -0.39 is 15.9 Å². The Hall–Kier alpha value is -2.94. The Morgan fingerprint density at radius 3 is 2.39 bits per heavy atom. The second-order valence-corrected chi connectivity index (χ2v) is 8.71. The van der Waals surface area contributed by atoms with Gasteiger partial charge in [-0.2, -0.15) is 0 Å². The molecule has 2 N–H and O–H groups in total. The summed E-state index contributed by atoms with van der Waals surface area (Å²) in [6, 6.07) is 17.1. The van der Waals surface area contributed by atoms with Crippen LogP contribution < -0.4 is 19.5 Å². The van der Waals surface area contributed by atoms with Crippen molar-refractivity contribution in [2.24, 2.45) is 0 Å². The van der Waals surface area contributed by atoms with Gasteiger partial charge in [-0.25, -0.2) is 8.42 Å². The number of rotatable bonds is 8.